The lowest BCUT2D eigenvalue weighted by atomic mass is 10.3. The average Bonchev–Trinajstić information content (AvgIpc) is 2.37. The molecule has 0 bridgehead atoms. The number of carbonyl (C=O) groups excluding carboxylic acids is 1. The van der Waals surface area contributed by atoms with Crippen LogP contribution in [0.2, 0.25) is 5.02 Å². The Morgan fingerprint density at radius 2 is 2.11 bits per heavy atom. The van der Waals surface area contributed by atoms with Gasteiger partial charge in [-0.05, 0) is 37.6 Å². The number of thioether (sulfide) groups is 1. The molecule has 0 atom stereocenters. The Labute approximate surface area is 118 Å². The maximum Gasteiger partial charge on any atom is 0.220 e. The van der Waals surface area contributed by atoms with E-state index < -0.39 is 0 Å². The van der Waals surface area contributed by atoms with E-state index in [1.54, 1.807) is 11.8 Å². The van der Waals surface area contributed by atoms with Crippen molar-refractivity contribution in [1.29, 1.82) is 0 Å². The van der Waals surface area contributed by atoms with Crippen molar-refractivity contribution in [3.05, 3.63) is 41.4 Å². The lowest BCUT2D eigenvalue weighted by molar-refractivity contribution is -0.120. The van der Waals surface area contributed by atoms with Crippen molar-refractivity contribution in [2.24, 2.45) is 0 Å². The Kier molecular flexibility index (Phi) is 7.62. The molecule has 0 aliphatic rings. The average molecular weight is 284 g/mol. The first-order valence-electron chi connectivity index (χ1n) is 5.98. The second-order valence-electron chi connectivity index (χ2n) is 3.76. The van der Waals surface area contributed by atoms with Crippen molar-refractivity contribution in [3.8, 4) is 0 Å². The minimum absolute atomic E-state index is 0.112. The molecule has 98 valence electrons. The van der Waals surface area contributed by atoms with Crippen molar-refractivity contribution in [2.45, 2.75) is 24.7 Å². The first kappa shape index (κ1) is 15.1. The van der Waals surface area contributed by atoms with Gasteiger partial charge in [-0.15, -0.1) is 11.8 Å². The number of nitrogens with one attached hydrogen (secondary N) is 1. The smallest absolute Gasteiger partial charge is 0.220 e. The maximum absolute atomic E-state index is 11.5. The first-order chi connectivity index (χ1) is 8.72. The summed E-state index contributed by atoms with van der Waals surface area (Å²) in [5.74, 6) is 0.901. The van der Waals surface area contributed by atoms with Crippen LogP contribution in [0.4, 0.5) is 0 Å². The van der Waals surface area contributed by atoms with Crippen LogP contribution in [-0.4, -0.2) is 18.2 Å². The number of hydrogen-bond donors (Lipinski definition) is 1. The highest BCUT2D eigenvalue weighted by molar-refractivity contribution is 7.99. The number of halogens is 1. The minimum Gasteiger partial charge on any atom is -0.356 e. The van der Waals surface area contributed by atoms with Gasteiger partial charge in [0.05, 0.1) is 0 Å². The van der Waals surface area contributed by atoms with Crippen LogP contribution in [0, 0.1) is 0 Å². The van der Waals surface area contributed by atoms with Crippen molar-refractivity contribution in [1.82, 2.24) is 5.32 Å². The third kappa shape index (κ3) is 6.72. The number of hydrogen-bond acceptors (Lipinski definition) is 2. The summed E-state index contributed by atoms with van der Waals surface area (Å²) >= 11 is 7.47. The molecule has 0 aromatic heterocycles. The molecule has 4 heteroatoms. The van der Waals surface area contributed by atoms with Gasteiger partial charge < -0.3 is 5.32 Å². The highest BCUT2D eigenvalue weighted by Crippen LogP contribution is 2.20. The summed E-state index contributed by atoms with van der Waals surface area (Å²) < 4.78 is 0. The molecule has 0 saturated carbocycles. The molecular formula is C14H18ClNOS. The molecule has 0 saturated heterocycles. The van der Waals surface area contributed by atoms with Gasteiger partial charge in [-0.2, -0.15) is 0 Å². The zero-order chi connectivity index (χ0) is 13.2. The third-order valence-electron chi connectivity index (χ3n) is 2.28. The van der Waals surface area contributed by atoms with E-state index in [0.717, 1.165) is 28.6 Å². The predicted octanol–water partition coefficient (Wildman–Crippen LogP) is 3.90. The van der Waals surface area contributed by atoms with E-state index in [2.05, 4.69) is 5.32 Å². The second-order valence-corrected chi connectivity index (χ2v) is 5.36. The van der Waals surface area contributed by atoms with E-state index in [0.29, 0.717) is 6.42 Å². The lowest BCUT2D eigenvalue weighted by Crippen LogP contribution is -2.24. The normalized spacial score (nSPS) is 10.8. The monoisotopic (exact) mass is 283 g/mol. The number of allylic oxidation sites excluding steroid dienone is 1. The van der Waals surface area contributed by atoms with Gasteiger partial charge in [-0.3, -0.25) is 4.79 Å². The van der Waals surface area contributed by atoms with Gasteiger partial charge in [0, 0.05) is 28.6 Å². The van der Waals surface area contributed by atoms with Crippen molar-refractivity contribution < 1.29 is 4.79 Å². The molecular weight excluding hydrogens is 266 g/mol. The molecule has 0 aliphatic heterocycles. The van der Waals surface area contributed by atoms with Crippen LogP contribution in [-0.2, 0) is 4.79 Å². The van der Waals surface area contributed by atoms with E-state index in [9.17, 15) is 4.79 Å². The SMILES string of the molecule is C/C=C/CCNC(=O)CCSc1ccc(Cl)cc1. The molecule has 0 heterocycles. The summed E-state index contributed by atoms with van der Waals surface area (Å²) in [5.41, 5.74) is 0. The highest BCUT2D eigenvalue weighted by atomic mass is 35.5. The fourth-order valence-corrected chi connectivity index (χ4v) is 2.32. The number of benzene rings is 1. The molecule has 1 aromatic rings. The number of amides is 1. The predicted molar refractivity (Wildman–Crippen MR) is 79.2 cm³/mol. The van der Waals surface area contributed by atoms with Gasteiger partial charge in [0.15, 0.2) is 0 Å². The molecule has 0 radical (unpaired) electrons. The van der Waals surface area contributed by atoms with Crippen LogP contribution < -0.4 is 5.32 Å². The van der Waals surface area contributed by atoms with Crippen molar-refractivity contribution in [3.63, 3.8) is 0 Å². The quantitative estimate of drug-likeness (QED) is 0.467. The molecule has 1 aromatic carbocycles. The Bertz CT molecular complexity index is 389. The fraction of sp³-hybridized carbons (Fsp3) is 0.357. The van der Waals surface area contributed by atoms with Crippen LogP contribution in [0.5, 0.6) is 0 Å². The van der Waals surface area contributed by atoms with E-state index in [1.165, 1.54) is 0 Å². The zero-order valence-electron chi connectivity index (χ0n) is 10.5. The van der Waals surface area contributed by atoms with Gasteiger partial charge in [0.1, 0.15) is 0 Å². The second kappa shape index (κ2) is 9.06. The van der Waals surface area contributed by atoms with Crippen molar-refractivity contribution in [2.75, 3.05) is 12.3 Å². The van der Waals surface area contributed by atoms with Gasteiger partial charge in [-0.1, -0.05) is 23.8 Å². The molecule has 1 N–H and O–H groups in total. The number of carbonyl (C=O) groups is 1. The van der Waals surface area contributed by atoms with Crippen LogP contribution in [0.3, 0.4) is 0 Å². The largest absolute Gasteiger partial charge is 0.356 e. The molecule has 2 nitrogen and oxygen atoms in total. The van der Waals surface area contributed by atoms with E-state index >= 15 is 0 Å². The zero-order valence-corrected chi connectivity index (χ0v) is 12.1. The molecule has 0 fully saturated rings. The Morgan fingerprint density at radius 1 is 1.39 bits per heavy atom. The topological polar surface area (TPSA) is 29.1 Å². The van der Waals surface area contributed by atoms with Gasteiger partial charge in [0.25, 0.3) is 0 Å². The summed E-state index contributed by atoms with van der Waals surface area (Å²) in [6.45, 7) is 2.69. The molecule has 0 aliphatic carbocycles. The summed E-state index contributed by atoms with van der Waals surface area (Å²) in [6.07, 6.45) is 5.47. The fourth-order valence-electron chi connectivity index (χ4n) is 1.34. The van der Waals surface area contributed by atoms with Gasteiger partial charge in [0.2, 0.25) is 5.91 Å². The molecule has 1 amide bonds. The minimum atomic E-state index is 0.112. The molecule has 0 unspecified atom stereocenters. The highest BCUT2D eigenvalue weighted by Gasteiger charge is 2.01. The first-order valence-corrected chi connectivity index (χ1v) is 7.35. The summed E-state index contributed by atoms with van der Waals surface area (Å²) in [5, 5.41) is 3.63. The summed E-state index contributed by atoms with van der Waals surface area (Å²) in [4.78, 5) is 12.6. The Balaban J connectivity index is 2.13. The third-order valence-corrected chi connectivity index (χ3v) is 3.55. The lowest BCUT2D eigenvalue weighted by Gasteiger charge is -2.03. The van der Waals surface area contributed by atoms with E-state index in [-0.39, 0.29) is 5.91 Å². The van der Waals surface area contributed by atoms with Gasteiger partial charge in [-0.25, -0.2) is 0 Å². The van der Waals surface area contributed by atoms with E-state index in [4.69, 9.17) is 11.6 Å². The van der Waals surface area contributed by atoms with Crippen molar-refractivity contribution >= 4 is 29.3 Å². The summed E-state index contributed by atoms with van der Waals surface area (Å²) in [7, 11) is 0. The van der Waals surface area contributed by atoms with Crippen LogP contribution in [0.15, 0.2) is 41.3 Å². The number of rotatable bonds is 7. The van der Waals surface area contributed by atoms with Gasteiger partial charge >= 0.3 is 0 Å². The Morgan fingerprint density at radius 3 is 2.78 bits per heavy atom. The molecule has 18 heavy (non-hydrogen) atoms. The summed E-state index contributed by atoms with van der Waals surface area (Å²) in [6, 6.07) is 7.66. The molecule has 1 rings (SSSR count). The van der Waals surface area contributed by atoms with Crippen LogP contribution in [0.1, 0.15) is 19.8 Å². The maximum atomic E-state index is 11.5. The standard InChI is InChI=1S/C14H18ClNOS/c1-2-3-4-10-16-14(17)9-11-18-13-7-5-12(15)6-8-13/h2-3,5-8H,4,9-11H2,1H3,(H,16,17)/b3-2+. The van der Waals surface area contributed by atoms with Crippen LogP contribution >= 0.6 is 23.4 Å². The van der Waals surface area contributed by atoms with E-state index in [1.807, 2.05) is 43.3 Å². The Hall–Kier alpha value is -0.930. The van der Waals surface area contributed by atoms with Crippen LogP contribution in [0.25, 0.3) is 0 Å². The molecule has 0 spiro atoms.